The number of esters is 2. The normalized spacial score (nSPS) is 24.6. The number of rotatable bonds is 33. The predicted octanol–water partition coefficient (Wildman–Crippen LogP) is 13.4. The lowest BCUT2D eigenvalue weighted by Crippen LogP contribution is -2.56. The van der Waals surface area contributed by atoms with E-state index in [9.17, 15) is 24.3 Å². The molecular weight excluding hydrogens is 1110 g/mol. The maximum Gasteiger partial charge on any atom is 0.338 e. The lowest BCUT2D eigenvalue weighted by atomic mass is 9.78. The minimum Gasteiger partial charge on any atom is -0.497 e. The number of aliphatic hydroxyl groups is 1. The molecule has 3 aliphatic heterocycles. The highest BCUT2D eigenvalue weighted by Crippen LogP contribution is 2.44. The van der Waals surface area contributed by atoms with Gasteiger partial charge in [0.2, 0.25) is 5.91 Å². The minimum atomic E-state index is -1.04. The molecule has 3 aliphatic rings. The van der Waals surface area contributed by atoms with Crippen LogP contribution in [0.1, 0.15) is 162 Å². The van der Waals surface area contributed by atoms with Crippen molar-refractivity contribution >= 4 is 23.6 Å². The van der Waals surface area contributed by atoms with E-state index < -0.39 is 48.4 Å². The monoisotopic (exact) mass is 1210 g/mol. The number of aliphatic hydroxyl groups excluding tert-OH is 1. The van der Waals surface area contributed by atoms with Gasteiger partial charge in [-0.05, 0) is 115 Å². The van der Waals surface area contributed by atoms with Crippen molar-refractivity contribution in [3.63, 3.8) is 0 Å². The van der Waals surface area contributed by atoms with Crippen molar-refractivity contribution in [3.8, 4) is 11.5 Å². The van der Waals surface area contributed by atoms with Crippen molar-refractivity contribution in [1.29, 1.82) is 0 Å². The zero-order valence-corrected chi connectivity index (χ0v) is 52.8. The summed E-state index contributed by atoms with van der Waals surface area (Å²) in [6.45, 7) is 11.7. The molecule has 0 radical (unpaired) electrons. The van der Waals surface area contributed by atoms with Gasteiger partial charge in [-0.25, -0.2) is 9.59 Å². The fourth-order valence-electron chi connectivity index (χ4n) is 12.6. The number of likely N-dealkylation sites (tertiary alicyclic amines) is 1. The summed E-state index contributed by atoms with van der Waals surface area (Å²) < 4.78 is 56.4. The van der Waals surface area contributed by atoms with Crippen molar-refractivity contribution in [2.75, 3.05) is 47.2 Å². The van der Waals surface area contributed by atoms with Gasteiger partial charge in [0.25, 0.3) is 0 Å². The number of ether oxygens (including phenoxy) is 9. The van der Waals surface area contributed by atoms with E-state index in [4.69, 9.17) is 42.6 Å². The number of nitrogens with zero attached hydrogens (tertiary/aromatic N) is 1. The number of carbonyl (C=O) groups is 4. The Balaban J connectivity index is 0.723. The topological polar surface area (TPSA) is 175 Å². The van der Waals surface area contributed by atoms with Crippen LogP contribution in [0.5, 0.6) is 11.5 Å². The molecule has 0 saturated carbocycles. The number of unbranched alkanes of at least 4 members (excludes halogenated alkanes) is 8. The Bertz CT molecular complexity index is 2840. The highest BCUT2D eigenvalue weighted by Gasteiger charge is 2.48. The van der Waals surface area contributed by atoms with E-state index >= 15 is 0 Å². The molecule has 0 spiro atoms. The largest absolute Gasteiger partial charge is 0.497 e. The molecule has 5 aromatic rings. The Morgan fingerprint density at radius 3 is 1.52 bits per heavy atom. The van der Waals surface area contributed by atoms with Crippen molar-refractivity contribution in [2.24, 2.45) is 29.6 Å². The maximum atomic E-state index is 13.8. The zero-order chi connectivity index (χ0) is 62.4. The first-order valence-electron chi connectivity index (χ1n) is 32.2. The quantitative estimate of drug-likeness (QED) is 0.0239. The summed E-state index contributed by atoms with van der Waals surface area (Å²) in [5.74, 6) is 1.12. The number of amides is 1. The van der Waals surface area contributed by atoms with Gasteiger partial charge in [0.05, 0.1) is 56.3 Å². The van der Waals surface area contributed by atoms with Crippen LogP contribution < -0.4 is 9.47 Å². The number of carbonyl (C=O) groups excluding carboxylic acids is 4. The van der Waals surface area contributed by atoms with Gasteiger partial charge in [-0.15, -0.1) is 0 Å². The number of ketones is 1. The number of benzene rings is 5. The third-order valence-electron chi connectivity index (χ3n) is 18.6. The number of β-amino-alcohol motifs (C(OH)–C–C–N with tert-alkyl or cyclic N) is 1. The summed E-state index contributed by atoms with van der Waals surface area (Å²) >= 11 is 0. The van der Waals surface area contributed by atoms with Crippen LogP contribution in [0.25, 0.3) is 0 Å². The van der Waals surface area contributed by atoms with Gasteiger partial charge in [-0.3, -0.25) is 9.59 Å². The van der Waals surface area contributed by atoms with Gasteiger partial charge < -0.3 is 52.6 Å². The molecule has 0 bridgehead atoms. The summed E-state index contributed by atoms with van der Waals surface area (Å²) in [5.41, 5.74) is 2.62. The van der Waals surface area contributed by atoms with E-state index in [1.54, 1.807) is 67.7 Å². The average Bonchev–Trinajstić information content (AvgIpc) is 1.27. The van der Waals surface area contributed by atoms with Crippen molar-refractivity contribution < 1.29 is 66.9 Å². The number of hydrogen-bond acceptors (Lipinski definition) is 14. The Hall–Kier alpha value is -6.46. The Morgan fingerprint density at radius 2 is 0.977 bits per heavy atom. The first-order chi connectivity index (χ1) is 42.7. The smallest absolute Gasteiger partial charge is 0.338 e. The number of Topliss-reactive ketones (excluding diaryl/α,β-unsaturated/α-hetero) is 1. The van der Waals surface area contributed by atoms with Crippen LogP contribution in [0, 0.1) is 29.6 Å². The van der Waals surface area contributed by atoms with E-state index in [2.05, 4.69) is 34.6 Å². The number of hydrogen-bond donors (Lipinski definition) is 1. The van der Waals surface area contributed by atoms with Crippen molar-refractivity contribution in [3.05, 3.63) is 167 Å². The molecule has 15 heteroatoms. The van der Waals surface area contributed by atoms with Crippen LogP contribution in [0.4, 0.5) is 0 Å². The molecule has 15 nitrogen and oxygen atoms in total. The van der Waals surface area contributed by atoms with Gasteiger partial charge in [-0.1, -0.05) is 164 Å². The molecule has 12 atom stereocenters. The van der Waals surface area contributed by atoms with Gasteiger partial charge in [0.15, 0.2) is 12.6 Å². The highest BCUT2D eigenvalue weighted by atomic mass is 16.7. The summed E-state index contributed by atoms with van der Waals surface area (Å²) in [7, 11) is 3.28. The first-order valence-corrected chi connectivity index (χ1v) is 32.2. The standard InChI is InChI=1S/C73H95NO14/c1-50-51(2)65(48-83-69(78)55-27-17-14-18-28-55)86-72(53(50)4)88-68-52(3)54(5)71(87-66(68)49-84-70(79)56-29-19-15-20-30-56)82-44-26-13-9-8-10-23-33-61(75)34-24-11-12-25-35-67(77)74-46-62(76)45-60(74)47-85-73(57-31-21-16-22-32-57,58-36-40-63(80-6)41-37-58)59-38-42-64(81-7)43-39-59/h14-22,27-32,36-43,50-54,60,62,65-66,68,71-72,76H,8-13,23-26,33-35,44-49H2,1-7H3/t50?,51?,52?,53?,54?,60-,62?,65?,66?,68?,71?,72?/m0/s1. The third kappa shape index (κ3) is 18.1. The molecule has 476 valence electrons. The van der Waals surface area contributed by atoms with E-state index in [-0.39, 0.29) is 74.0 Å². The second-order valence-electron chi connectivity index (χ2n) is 24.5. The van der Waals surface area contributed by atoms with Crippen LogP contribution in [0.3, 0.4) is 0 Å². The minimum absolute atomic E-state index is 0.00699. The molecule has 0 aliphatic carbocycles. The van der Waals surface area contributed by atoms with Crippen LogP contribution in [0.15, 0.2) is 140 Å². The molecule has 5 aromatic carbocycles. The van der Waals surface area contributed by atoms with E-state index in [0.717, 1.165) is 86.0 Å². The van der Waals surface area contributed by atoms with E-state index in [1.165, 1.54) is 0 Å². The summed E-state index contributed by atoms with van der Waals surface area (Å²) in [6, 6.07) is 43.3. The molecule has 3 fully saturated rings. The maximum absolute atomic E-state index is 13.8. The lowest BCUT2D eigenvalue weighted by molar-refractivity contribution is -0.327. The molecule has 1 amide bonds. The Kier molecular flexibility index (Phi) is 26.0. The van der Waals surface area contributed by atoms with E-state index in [0.29, 0.717) is 55.6 Å². The average molecular weight is 1210 g/mol. The fourth-order valence-corrected chi connectivity index (χ4v) is 12.6. The van der Waals surface area contributed by atoms with Crippen LogP contribution in [0.2, 0.25) is 0 Å². The first kappa shape index (κ1) is 67.5. The van der Waals surface area contributed by atoms with Gasteiger partial charge >= 0.3 is 11.9 Å². The molecule has 11 unspecified atom stereocenters. The lowest BCUT2D eigenvalue weighted by Gasteiger charge is -2.48. The molecule has 0 aromatic heterocycles. The summed E-state index contributed by atoms with van der Waals surface area (Å²) in [6.07, 6.45) is 7.69. The molecule has 1 N–H and O–H groups in total. The van der Waals surface area contributed by atoms with Gasteiger partial charge in [0, 0.05) is 44.2 Å². The van der Waals surface area contributed by atoms with Crippen LogP contribution >= 0.6 is 0 Å². The Labute approximate surface area is 522 Å². The predicted molar refractivity (Wildman–Crippen MR) is 337 cm³/mol. The third-order valence-corrected chi connectivity index (χ3v) is 18.6. The highest BCUT2D eigenvalue weighted by molar-refractivity contribution is 5.89. The zero-order valence-electron chi connectivity index (χ0n) is 52.8. The van der Waals surface area contributed by atoms with Gasteiger partial charge in [0.1, 0.15) is 42.2 Å². The SMILES string of the molecule is COc1ccc(C(OC[C@@H]2CC(O)CN2C(=O)CCCCCCC(=O)CCCCCCCCOC2OC(COC(=O)c3ccccc3)C(OC3OC(COC(=O)c4ccccc4)C(C)C(C)C3C)C(C)C2C)(c2ccccc2)c2ccc(OC)cc2)cc1. The van der Waals surface area contributed by atoms with Crippen LogP contribution in [-0.2, 0) is 48.3 Å². The van der Waals surface area contributed by atoms with Crippen molar-refractivity contribution in [2.45, 2.75) is 173 Å². The molecule has 3 heterocycles. The van der Waals surface area contributed by atoms with E-state index in [1.807, 2.05) is 91.0 Å². The van der Waals surface area contributed by atoms with Crippen molar-refractivity contribution in [1.82, 2.24) is 4.90 Å². The second-order valence-corrected chi connectivity index (χ2v) is 24.5. The number of methoxy groups -OCH3 is 2. The Morgan fingerprint density at radius 1 is 0.511 bits per heavy atom. The molecule has 8 rings (SSSR count). The fraction of sp³-hybridized carbons (Fsp3) is 0.534. The summed E-state index contributed by atoms with van der Waals surface area (Å²) in [5, 5.41) is 10.9. The molecule has 88 heavy (non-hydrogen) atoms. The summed E-state index contributed by atoms with van der Waals surface area (Å²) in [4.78, 5) is 54.6. The molecule has 3 saturated heterocycles. The van der Waals surface area contributed by atoms with Crippen LogP contribution in [-0.4, -0.2) is 124 Å². The second kappa shape index (κ2) is 33.9. The molecular formula is C73H95NO14. The van der Waals surface area contributed by atoms with Gasteiger partial charge in [-0.2, -0.15) is 0 Å².